The van der Waals surface area contributed by atoms with Crippen molar-refractivity contribution >= 4 is 17.2 Å². The first-order chi connectivity index (χ1) is 11.5. The van der Waals surface area contributed by atoms with Gasteiger partial charge in [0, 0.05) is 22.7 Å². The molecule has 0 atom stereocenters. The summed E-state index contributed by atoms with van der Waals surface area (Å²) in [5.74, 6) is 0.377. The highest BCUT2D eigenvalue weighted by molar-refractivity contribution is 7.13. The fourth-order valence-corrected chi connectivity index (χ4v) is 3.74. The van der Waals surface area contributed by atoms with E-state index < -0.39 is 0 Å². The number of amides is 1. The Kier molecular flexibility index (Phi) is 4.53. The van der Waals surface area contributed by atoms with E-state index in [1.807, 2.05) is 17.7 Å². The molecular weight excluding hydrogens is 324 g/mol. The monoisotopic (exact) mass is 344 g/mol. The standard InChI is InChI=1S/C17H20N4O2S/c1-10-15(14-6-5-9-24-14)12(3)21(19-10)8-7-18-17(22)16-11(2)20-23-13(16)4/h5-6,9H,7-8H2,1-4H3,(H,18,22). The van der Waals surface area contributed by atoms with Gasteiger partial charge in [-0.1, -0.05) is 11.2 Å². The van der Waals surface area contributed by atoms with Gasteiger partial charge in [0.1, 0.15) is 11.3 Å². The maximum absolute atomic E-state index is 12.2. The molecule has 126 valence electrons. The summed E-state index contributed by atoms with van der Waals surface area (Å²) in [6.07, 6.45) is 0. The van der Waals surface area contributed by atoms with E-state index in [-0.39, 0.29) is 5.91 Å². The Labute approximate surface area is 144 Å². The van der Waals surface area contributed by atoms with Crippen molar-refractivity contribution < 1.29 is 9.32 Å². The first-order valence-electron chi connectivity index (χ1n) is 7.78. The number of aryl methyl sites for hydroxylation is 3. The molecule has 0 aliphatic heterocycles. The van der Waals surface area contributed by atoms with Gasteiger partial charge in [0.15, 0.2) is 0 Å². The lowest BCUT2D eigenvalue weighted by Gasteiger charge is -2.07. The second-order valence-corrected chi connectivity index (χ2v) is 6.65. The molecule has 0 spiro atoms. The van der Waals surface area contributed by atoms with Crippen LogP contribution in [-0.4, -0.2) is 27.4 Å². The van der Waals surface area contributed by atoms with Crippen molar-refractivity contribution in [3.05, 3.63) is 45.9 Å². The molecule has 0 fully saturated rings. The summed E-state index contributed by atoms with van der Waals surface area (Å²) < 4.78 is 6.98. The first kappa shape index (κ1) is 16.4. The van der Waals surface area contributed by atoms with Gasteiger partial charge in [-0.25, -0.2) is 0 Å². The molecule has 24 heavy (non-hydrogen) atoms. The van der Waals surface area contributed by atoms with Crippen molar-refractivity contribution in [3.63, 3.8) is 0 Å². The molecule has 0 aromatic carbocycles. The van der Waals surface area contributed by atoms with Gasteiger partial charge in [-0.15, -0.1) is 11.3 Å². The van der Waals surface area contributed by atoms with Crippen molar-refractivity contribution in [2.45, 2.75) is 34.2 Å². The highest BCUT2D eigenvalue weighted by Gasteiger charge is 2.18. The van der Waals surface area contributed by atoms with E-state index in [1.54, 1.807) is 25.2 Å². The number of nitrogens with one attached hydrogen (secondary N) is 1. The Morgan fingerprint density at radius 1 is 1.29 bits per heavy atom. The Bertz CT molecular complexity index is 842. The summed E-state index contributed by atoms with van der Waals surface area (Å²) in [4.78, 5) is 13.5. The Balaban J connectivity index is 1.68. The Morgan fingerprint density at radius 2 is 2.08 bits per heavy atom. The molecule has 0 aliphatic carbocycles. The summed E-state index contributed by atoms with van der Waals surface area (Å²) in [7, 11) is 0. The third-order valence-electron chi connectivity index (χ3n) is 4.02. The van der Waals surface area contributed by atoms with Crippen molar-refractivity contribution in [3.8, 4) is 10.4 Å². The van der Waals surface area contributed by atoms with E-state index in [9.17, 15) is 4.79 Å². The first-order valence-corrected chi connectivity index (χ1v) is 8.66. The molecule has 0 saturated carbocycles. The van der Waals surface area contributed by atoms with Crippen LogP contribution in [0.4, 0.5) is 0 Å². The Morgan fingerprint density at radius 3 is 2.71 bits per heavy atom. The number of rotatable bonds is 5. The molecule has 3 aromatic heterocycles. The highest BCUT2D eigenvalue weighted by Crippen LogP contribution is 2.30. The van der Waals surface area contributed by atoms with Gasteiger partial charge in [-0.2, -0.15) is 5.10 Å². The molecule has 6 nitrogen and oxygen atoms in total. The minimum absolute atomic E-state index is 0.161. The molecule has 0 radical (unpaired) electrons. The molecule has 0 saturated heterocycles. The molecule has 7 heteroatoms. The van der Waals surface area contributed by atoms with Crippen LogP contribution in [0.1, 0.15) is 33.2 Å². The van der Waals surface area contributed by atoms with Crippen LogP contribution in [0, 0.1) is 27.7 Å². The molecule has 0 unspecified atom stereocenters. The van der Waals surface area contributed by atoms with Gasteiger partial charge in [-0.3, -0.25) is 9.48 Å². The summed E-state index contributed by atoms with van der Waals surface area (Å²) in [6, 6.07) is 4.14. The smallest absolute Gasteiger partial charge is 0.256 e. The average molecular weight is 344 g/mol. The van der Waals surface area contributed by atoms with Gasteiger partial charge >= 0.3 is 0 Å². The van der Waals surface area contributed by atoms with Crippen molar-refractivity contribution in [1.82, 2.24) is 20.3 Å². The fraction of sp³-hybridized carbons (Fsp3) is 0.353. The second-order valence-electron chi connectivity index (χ2n) is 5.70. The minimum Gasteiger partial charge on any atom is -0.361 e. The average Bonchev–Trinajstić information content (AvgIpc) is 3.22. The van der Waals surface area contributed by atoms with E-state index in [4.69, 9.17) is 4.52 Å². The SMILES string of the molecule is Cc1noc(C)c1C(=O)NCCn1nc(C)c(-c2cccs2)c1C. The maximum Gasteiger partial charge on any atom is 0.256 e. The predicted octanol–water partition coefficient (Wildman–Crippen LogP) is 3.26. The van der Waals surface area contributed by atoms with Crippen LogP contribution in [0.2, 0.25) is 0 Å². The number of hydrogen-bond donors (Lipinski definition) is 1. The summed E-state index contributed by atoms with van der Waals surface area (Å²) in [6.45, 7) is 8.69. The normalized spacial score (nSPS) is 11.0. The topological polar surface area (TPSA) is 73.0 Å². The van der Waals surface area contributed by atoms with Crippen molar-refractivity contribution in [2.24, 2.45) is 0 Å². The van der Waals surface area contributed by atoms with Crippen LogP contribution in [0.25, 0.3) is 10.4 Å². The Hall–Kier alpha value is -2.41. The van der Waals surface area contributed by atoms with Gasteiger partial charge < -0.3 is 9.84 Å². The van der Waals surface area contributed by atoms with Gasteiger partial charge in [0.25, 0.3) is 5.91 Å². The molecule has 0 bridgehead atoms. The number of thiophene rings is 1. The van der Waals surface area contributed by atoms with Crippen LogP contribution in [0.5, 0.6) is 0 Å². The molecule has 3 heterocycles. The number of hydrogen-bond acceptors (Lipinski definition) is 5. The predicted molar refractivity (Wildman–Crippen MR) is 93.3 cm³/mol. The summed E-state index contributed by atoms with van der Waals surface area (Å²) in [5, 5.41) is 13.4. The third kappa shape index (κ3) is 2.99. The number of nitrogens with zero attached hydrogens (tertiary/aromatic N) is 3. The maximum atomic E-state index is 12.2. The highest BCUT2D eigenvalue weighted by atomic mass is 32.1. The van der Waals surface area contributed by atoms with Crippen LogP contribution >= 0.6 is 11.3 Å². The molecule has 3 aromatic rings. The van der Waals surface area contributed by atoms with E-state index in [0.29, 0.717) is 30.1 Å². The quantitative estimate of drug-likeness (QED) is 0.771. The zero-order valence-corrected chi connectivity index (χ0v) is 15.0. The van der Waals surface area contributed by atoms with Gasteiger partial charge in [-0.05, 0) is 39.1 Å². The number of aromatic nitrogens is 3. The van der Waals surface area contributed by atoms with Crippen molar-refractivity contribution in [1.29, 1.82) is 0 Å². The van der Waals surface area contributed by atoms with E-state index in [2.05, 4.69) is 33.9 Å². The lowest BCUT2D eigenvalue weighted by molar-refractivity contribution is 0.0950. The zero-order chi connectivity index (χ0) is 17.3. The molecule has 1 N–H and O–H groups in total. The molecular formula is C17H20N4O2S. The summed E-state index contributed by atoms with van der Waals surface area (Å²) >= 11 is 1.71. The number of carbonyl (C=O) groups is 1. The third-order valence-corrected chi connectivity index (χ3v) is 4.91. The van der Waals surface area contributed by atoms with E-state index >= 15 is 0 Å². The fourth-order valence-electron chi connectivity index (χ4n) is 2.86. The zero-order valence-electron chi connectivity index (χ0n) is 14.2. The number of carbonyl (C=O) groups excluding carboxylic acids is 1. The summed E-state index contributed by atoms with van der Waals surface area (Å²) in [5.41, 5.74) is 4.43. The largest absolute Gasteiger partial charge is 0.361 e. The van der Waals surface area contributed by atoms with Crippen molar-refractivity contribution in [2.75, 3.05) is 6.54 Å². The molecule has 1 amide bonds. The van der Waals surface area contributed by atoms with E-state index in [1.165, 1.54) is 10.4 Å². The molecule has 0 aliphatic rings. The van der Waals surface area contributed by atoms with Gasteiger partial charge in [0.05, 0.1) is 17.9 Å². The second kappa shape index (κ2) is 6.60. The van der Waals surface area contributed by atoms with Crippen LogP contribution in [0.15, 0.2) is 22.0 Å². The lowest BCUT2D eigenvalue weighted by atomic mass is 10.1. The van der Waals surface area contributed by atoms with Gasteiger partial charge in [0.2, 0.25) is 0 Å². The molecule has 3 rings (SSSR count). The van der Waals surface area contributed by atoms with E-state index in [0.717, 1.165) is 11.4 Å². The van der Waals surface area contributed by atoms with Crippen LogP contribution < -0.4 is 5.32 Å². The van der Waals surface area contributed by atoms with Crippen LogP contribution in [-0.2, 0) is 6.54 Å². The minimum atomic E-state index is -0.161. The lowest BCUT2D eigenvalue weighted by Crippen LogP contribution is -2.28. The van der Waals surface area contributed by atoms with Crippen LogP contribution in [0.3, 0.4) is 0 Å².